The van der Waals surface area contributed by atoms with Gasteiger partial charge in [-0.15, -0.1) is 0 Å². The summed E-state index contributed by atoms with van der Waals surface area (Å²) in [4.78, 5) is 34.6. The lowest BCUT2D eigenvalue weighted by Gasteiger charge is -2.32. The van der Waals surface area contributed by atoms with Crippen molar-refractivity contribution in [3.63, 3.8) is 0 Å². The third-order valence-corrected chi connectivity index (χ3v) is 5.05. The van der Waals surface area contributed by atoms with E-state index in [-0.39, 0.29) is 62.4 Å². The van der Waals surface area contributed by atoms with Crippen molar-refractivity contribution in [3.8, 4) is 0 Å². The molecule has 158 valence electrons. The van der Waals surface area contributed by atoms with E-state index in [1.165, 1.54) is 0 Å². The van der Waals surface area contributed by atoms with Gasteiger partial charge in [-0.1, -0.05) is 13.3 Å². The number of carbonyl (C=O) groups is 3. The highest BCUT2D eigenvalue weighted by Gasteiger charge is 2.29. The fourth-order valence-corrected chi connectivity index (χ4v) is 3.09. The number of esters is 3. The summed E-state index contributed by atoms with van der Waals surface area (Å²) in [5.41, 5.74) is -0.246. The molecule has 0 radical (unpaired) electrons. The van der Waals surface area contributed by atoms with Crippen molar-refractivity contribution in [2.24, 2.45) is 5.41 Å². The standard InChI is InChI=1S/C18H32O6S3/c1-2-18(6-9-22-15(19)3-12-25,7-10-23-16(20)4-13-26)8-11-24-17(21)5-14-27/h25-27H,2-14H2,1H3. The maximum atomic E-state index is 11.5. The number of hydrogen-bond acceptors (Lipinski definition) is 9. The highest BCUT2D eigenvalue weighted by molar-refractivity contribution is 7.80. The van der Waals surface area contributed by atoms with Crippen LogP contribution in [0.5, 0.6) is 0 Å². The molecule has 0 amide bonds. The molecular formula is C18H32O6S3. The Kier molecular flexibility index (Phi) is 16.1. The minimum atomic E-state index is -0.282. The van der Waals surface area contributed by atoms with E-state index in [4.69, 9.17) is 14.2 Å². The molecule has 0 aromatic heterocycles. The van der Waals surface area contributed by atoms with Crippen molar-refractivity contribution in [1.82, 2.24) is 0 Å². The second-order valence-corrected chi connectivity index (χ2v) is 7.53. The van der Waals surface area contributed by atoms with Gasteiger partial charge in [0.1, 0.15) is 0 Å². The number of hydrogen-bond donors (Lipinski definition) is 3. The summed E-state index contributed by atoms with van der Waals surface area (Å²) in [6, 6.07) is 0. The molecule has 0 saturated carbocycles. The van der Waals surface area contributed by atoms with Crippen molar-refractivity contribution >= 4 is 55.8 Å². The minimum Gasteiger partial charge on any atom is -0.466 e. The van der Waals surface area contributed by atoms with Crippen molar-refractivity contribution in [2.45, 2.75) is 51.9 Å². The molecule has 0 heterocycles. The highest BCUT2D eigenvalue weighted by Crippen LogP contribution is 2.35. The van der Waals surface area contributed by atoms with Crippen LogP contribution >= 0.6 is 37.9 Å². The minimum absolute atomic E-state index is 0.246. The first-order valence-electron chi connectivity index (χ1n) is 9.22. The summed E-state index contributed by atoms with van der Waals surface area (Å²) < 4.78 is 15.7. The Bertz CT molecular complexity index is 385. The van der Waals surface area contributed by atoms with Crippen molar-refractivity contribution in [1.29, 1.82) is 0 Å². The Morgan fingerprint density at radius 3 is 1.19 bits per heavy atom. The molecule has 0 fully saturated rings. The van der Waals surface area contributed by atoms with Gasteiger partial charge in [0.2, 0.25) is 0 Å². The fraction of sp³-hybridized carbons (Fsp3) is 0.833. The third-order valence-electron chi connectivity index (χ3n) is 4.38. The first-order valence-corrected chi connectivity index (χ1v) is 11.1. The van der Waals surface area contributed by atoms with Gasteiger partial charge in [-0.2, -0.15) is 37.9 Å². The van der Waals surface area contributed by atoms with E-state index in [9.17, 15) is 14.4 Å². The summed E-state index contributed by atoms with van der Waals surface area (Å²) >= 11 is 12.0. The van der Waals surface area contributed by atoms with Gasteiger partial charge in [0.25, 0.3) is 0 Å². The van der Waals surface area contributed by atoms with Crippen LogP contribution in [0.2, 0.25) is 0 Å². The van der Waals surface area contributed by atoms with Crippen LogP contribution in [0, 0.1) is 5.41 Å². The van der Waals surface area contributed by atoms with Gasteiger partial charge in [-0.3, -0.25) is 14.4 Å². The van der Waals surface area contributed by atoms with Gasteiger partial charge in [0, 0.05) is 17.3 Å². The molecule has 0 aliphatic rings. The summed E-state index contributed by atoms with van der Waals surface area (Å²) in [5.74, 6) is 0.487. The first kappa shape index (κ1) is 26.5. The van der Waals surface area contributed by atoms with Gasteiger partial charge in [0.05, 0.1) is 39.1 Å². The predicted molar refractivity (Wildman–Crippen MR) is 115 cm³/mol. The average Bonchev–Trinajstić information content (AvgIpc) is 2.62. The van der Waals surface area contributed by atoms with Crippen LogP contribution in [-0.2, 0) is 28.6 Å². The number of rotatable bonds is 16. The molecule has 0 aromatic rings. The molecule has 0 N–H and O–H groups in total. The van der Waals surface area contributed by atoms with Crippen LogP contribution in [-0.4, -0.2) is 55.0 Å². The Balaban J connectivity index is 4.67. The summed E-state index contributed by atoms with van der Waals surface area (Å²) in [6.07, 6.45) is 3.41. The molecule has 0 rings (SSSR count). The molecular weight excluding hydrogens is 408 g/mol. The molecule has 27 heavy (non-hydrogen) atoms. The van der Waals surface area contributed by atoms with E-state index >= 15 is 0 Å². The fourth-order valence-electron chi connectivity index (χ4n) is 2.54. The van der Waals surface area contributed by atoms with Gasteiger partial charge in [-0.25, -0.2) is 0 Å². The van der Waals surface area contributed by atoms with Crippen molar-refractivity contribution in [2.75, 3.05) is 37.1 Å². The van der Waals surface area contributed by atoms with Crippen LogP contribution in [0.1, 0.15) is 51.9 Å². The second-order valence-electron chi connectivity index (χ2n) is 6.19. The van der Waals surface area contributed by atoms with Crippen LogP contribution in [0.15, 0.2) is 0 Å². The molecule has 0 atom stereocenters. The Hall–Kier alpha value is -0.540. The largest absolute Gasteiger partial charge is 0.466 e. The van der Waals surface area contributed by atoms with Crippen molar-refractivity contribution < 1.29 is 28.6 Å². The lowest BCUT2D eigenvalue weighted by atomic mass is 9.76. The Morgan fingerprint density at radius 2 is 0.963 bits per heavy atom. The van der Waals surface area contributed by atoms with Crippen LogP contribution in [0.4, 0.5) is 0 Å². The first-order chi connectivity index (χ1) is 12.9. The summed E-state index contributed by atoms with van der Waals surface area (Å²) in [5, 5.41) is 0. The summed E-state index contributed by atoms with van der Waals surface area (Å²) in [7, 11) is 0. The smallest absolute Gasteiger partial charge is 0.306 e. The van der Waals surface area contributed by atoms with Gasteiger partial charge in [-0.05, 0) is 24.7 Å². The van der Waals surface area contributed by atoms with E-state index in [2.05, 4.69) is 37.9 Å². The zero-order chi connectivity index (χ0) is 20.5. The predicted octanol–water partition coefficient (Wildman–Crippen LogP) is 3.14. The molecule has 0 unspecified atom stereocenters. The summed E-state index contributed by atoms with van der Waals surface area (Å²) in [6.45, 7) is 2.85. The monoisotopic (exact) mass is 440 g/mol. The number of ether oxygens (including phenoxy) is 3. The zero-order valence-corrected chi connectivity index (χ0v) is 18.7. The SMILES string of the molecule is CCC(CCOC(=O)CCS)(CCOC(=O)CCS)CCOC(=O)CCS. The topological polar surface area (TPSA) is 78.9 Å². The number of thiol groups is 3. The van der Waals surface area contributed by atoms with Gasteiger partial charge < -0.3 is 14.2 Å². The zero-order valence-electron chi connectivity index (χ0n) is 16.0. The van der Waals surface area contributed by atoms with Crippen LogP contribution in [0.3, 0.4) is 0 Å². The number of carbonyl (C=O) groups excluding carboxylic acids is 3. The normalized spacial score (nSPS) is 11.1. The average molecular weight is 441 g/mol. The maximum Gasteiger partial charge on any atom is 0.306 e. The van der Waals surface area contributed by atoms with Gasteiger partial charge in [0.15, 0.2) is 0 Å². The Morgan fingerprint density at radius 1 is 0.667 bits per heavy atom. The van der Waals surface area contributed by atoms with Gasteiger partial charge >= 0.3 is 17.9 Å². The van der Waals surface area contributed by atoms with E-state index in [0.29, 0.717) is 36.5 Å². The van der Waals surface area contributed by atoms with E-state index < -0.39 is 0 Å². The van der Waals surface area contributed by atoms with Crippen LogP contribution in [0.25, 0.3) is 0 Å². The second kappa shape index (κ2) is 16.4. The maximum absolute atomic E-state index is 11.5. The molecule has 0 aliphatic heterocycles. The van der Waals surface area contributed by atoms with Crippen molar-refractivity contribution in [3.05, 3.63) is 0 Å². The molecule has 0 saturated heterocycles. The molecule has 0 aliphatic carbocycles. The molecule has 9 heteroatoms. The molecule has 0 bridgehead atoms. The lowest BCUT2D eigenvalue weighted by molar-refractivity contribution is -0.145. The molecule has 0 spiro atoms. The van der Waals surface area contributed by atoms with E-state index in [1.54, 1.807) is 0 Å². The molecule has 6 nitrogen and oxygen atoms in total. The van der Waals surface area contributed by atoms with E-state index in [0.717, 1.165) is 6.42 Å². The highest BCUT2D eigenvalue weighted by atomic mass is 32.1. The quantitative estimate of drug-likeness (QED) is 0.194. The lowest BCUT2D eigenvalue weighted by Crippen LogP contribution is -2.28. The Labute approximate surface area is 178 Å². The van der Waals surface area contributed by atoms with Crippen LogP contribution < -0.4 is 0 Å². The molecule has 0 aromatic carbocycles. The van der Waals surface area contributed by atoms with E-state index in [1.807, 2.05) is 6.92 Å². The third kappa shape index (κ3) is 13.3.